The van der Waals surface area contributed by atoms with Gasteiger partial charge in [0.15, 0.2) is 11.6 Å². The van der Waals surface area contributed by atoms with Crippen LogP contribution in [-0.2, 0) is 6.42 Å². The van der Waals surface area contributed by atoms with Crippen LogP contribution in [-0.4, -0.2) is 17.4 Å². The summed E-state index contributed by atoms with van der Waals surface area (Å²) in [6, 6.07) is 14.9. The highest BCUT2D eigenvalue weighted by molar-refractivity contribution is 6.04. The quantitative estimate of drug-likeness (QED) is 0.696. The van der Waals surface area contributed by atoms with Gasteiger partial charge in [-0.15, -0.1) is 0 Å². The molecule has 132 valence electrons. The van der Waals surface area contributed by atoms with Crippen LogP contribution in [0.2, 0.25) is 0 Å². The lowest BCUT2D eigenvalue weighted by atomic mass is 10.1. The van der Waals surface area contributed by atoms with Crippen molar-refractivity contribution in [2.75, 3.05) is 17.2 Å². The van der Waals surface area contributed by atoms with E-state index < -0.39 is 17.5 Å². The number of amides is 1. The number of halogens is 2. The van der Waals surface area contributed by atoms with Crippen molar-refractivity contribution in [1.82, 2.24) is 4.98 Å². The molecule has 0 saturated carbocycles. The van der Waals surface area contributed by atoms with E-state index in [4.69, 9.17) is 0 Å². The van der Waals surface area contributed by atoms with E-state index in [0.29, 0.717) is 17.8 Å². The van der Waals surface area contributed by atoms with Crippen LogP contribution >= 0.6 is 0 Å². The third-order valence-corrected chi connectivity index (χ3v) is 3.76. The predicted octanol–water partition coefficient (Wildman–Crippen LogP) is 4.27. The Morgan fingerprint density at radius 1 is 0.923 bits per heavy atom. The van der Waals surface area contributed by atoms with Crippen molar-refractivity contribution in [2.24, 2.45) is 0 Å². The van der Waals surface area contributed by atoms with Gasteiger partial charge < -0.3 is 10.6 Å². The topological polar surface area (TPSA) is 54.0 Å². The van der Waals surface area contributed by atoms with E-state index in [2.05, 4.69) is 15.6 Å². The minimum Gasteiger partial charge on any atom is -0.383 e. The minimum absolute atomic E-state index is 0.177. The number of pyridine rings is 1. The molecule has 0 atom stereocenters. The van der Waals surface area contributed by atoms with Crippen molar-refractivity contribution in [3.8, 4) is 0 Å². The van der Waals surface area contributed by atoms with Gasteiger partial charge >= 0.3 is 0 Å². The summed E-state index contributed by atoms with van der Waals surface area (Å²) in [6.45, 7) is 0.694. The molecule has 4 nitrogen and oxygen atoms in total. The van der Waals surface area contributed by atoms with Gasteiger partial charge in [0.05, 0.1) is 11.3 Å². The number of hydrogen-bond acceptors (Lipinski definition) is 3. The first-order valence-electron chi connectivity index (χ1n) is 8.11. The maximum absolute atomic E-state index is 13.2. The Morgan fingerprint density at radius 2 is 1.73 bits per heavy atom. The summed E-state index contributed by atoms with van der Waals surface area (Å²) in [5.41, 5.74) is 2.41. The molecule has 6 heteroatoms. The van der Waals surface area contributed by atoms with Crippen LogP contribution in [0.4, 0.5) is 20.2 Å². The van der Waals surface area contributed by atoms with Crippen LogP contribution in [0, 0.1) is 11.6 Å². The van der Waals surface area contributed by atoms with Crippen LogP contribution < -0.4 is 10.6 Å². The normalized spacial score (nSPS) is 10.4. The maximum Gasteiger partial charge on any atom is 0.257 e. The highest BCUT2D eigenvalue weighted by Gasteiger charge is 2.09. The molecule has 3 rings (SSSR count). The second kappa shape index (κ2) is 8.20. The number of rotatable bonds is 6. The van der Waals surface area contributed by atoms with Gasteiger partial charge in [-0.05, 0) is 30.2 Å². The van der Waals surface area contributed by atoms with E-state index >= 15 is 0 Å². The molecule has 1 aromatic heterocycles. The van der Waals surface area contributed by atoms with Gasteiger partial charge in [0.1, 0.15) is 0 Å². The fourth-order valence-electron chi connectivity index (χ4n) is 2.43. The van der Waals surface area contributed by atoms with Crippen LogP contribution in [0.15, 0.2) is 67.0 Å². The van der Waals surface area contributed by atoms with E-state index in [-0.39, 0.29) is 5.69 Å². The van der Waals surface area contributed by atoms with Crippen LogP contribution in [0.3, 0.4) is 0 Å². The average Bonchev–Trinajstić information content (AvgIpc) is 2.66. The zero-order valence-electron chi connectivity index (χ0n) is 13.9. The molecular weight excluding hydrogens is 336 g/mol. The Labute approximate surface area is 149 Å². The third kappa shape index (κ3) is 4.63. The van der Waals surface area contributed by atoms with Gasteiger partial charge in [-0.2, -0.15) is 0 Å². The first-order valence-corrected chi connectivity index (χ1v) is 8.11. The number of nitrogens with zero attached hydrogens (tertiary/aromatic N) is 1. The number of aromatic nitrogens is 1. The molecule has 26 heavy (non-hydrogen) atoms. The van der Waals surface area contributed by atoms with Crippen molar-refractivity contribution in [3.05, 3.63) is 89.8 Å². The lowest BCUT2D eigenvalue weighted by Gasteiger charge is -2.09. The van der Waals surface area contributed by atoms with Gasteiger partial charge in [0, 0.05) is 30.7 Å². The van der Waals surface area contributed by atoms with Crippen molar-refractivity contribution < 1.29 is 13.6 Å². The number of anilines is 2. The molecule has 0 aliphatic carbocycles. The molecule has 0 bridgehead atoms. The molecule has 0 unspecified atom stereocenters. The summed E-state index contributed by atoms with van der Waals surface area (Å²) < 4.78 is 26.2. The first-order chi connectivity index (χ1) is 12.6. The Kier molecular flexibility index (Phi) is 5.53. The Bertz CT molecular complexity index is 901. The van der Waals surface area contributed by atoms with E-state index in [0.717, 1.165) is 18.6 Å². The highest BCUT2D eigenvalue weighted by atomic mass is 19.2. The summed E-state index contributed by atoms with van der Waals surface area (Å²) in [5, 5.41) is 5.74. The number of nitrogens with one attached hydrogen (secondary N) is 2. The summed E-state index contributed by atoms with van der Waals surface area (Å²) in [4.78, 5) is 16.3. The molecule has 1 heterocycles. The van der Waals surface area contributed by atoms with Gasteiger partial charge in [-0.25, -0.2) is 8.78 Å². The van der Waals surface area contributed by atoms with E-state index in [1.165, 1.54) is 17.8 Å². The fourth-order valence-corrected chi connectivity index (χ4v) is 2.43. The van der Waals surface area contributed by atoms with E-state index in [1.807, 2.05) is 30.3 Å². The molecular formula is C20H17F2N3O. The standard InChI is InChI=1S/C20H17F2N3O/c21-18-7-6-16(11-19(18)22)25-20(26)15-10-17(13-23-12-15)24-9-8-14-4-2-1-3-5-14/h1-7,10-13,24H,8-9H2,(H,25,26). The van der Waals surface area contributed by atoms with E-state index in [1.54, 1.807) is 12.3 Å². The van der Waals surface area contributed by atoms with Crippen molar-refractivity contribution in [3.63, 3.8) is 0 Å². The number of benzene rings is 2. The molecule has 0 fully saturated rings. The second-order valence-electron chi connectivity index (χ2n) is 5.71. The number of hydrogen-bond donors (Lipinski definition) is 2. The SMILES string of the molecule is O=C(Nc1ccc(F)c(F)c1)c1cncc(NCCc2ccccc2)c1. The monoisotopic (exact) mass is 353 g/mol. The average molecular weight is 353 g/mol. The van der Waals surface area contributed by atoms with Crippen molar-refractivity contribution >= 4 is 17.3 Å². The van der Waals surface area contributed by atoms with Crippen LogP contribution in [0.25, 0.3) is 0 Å². The van der Waals surface area contributed by atoms with Crippen LogP contribution in [0.1, 0.15) is 15.9 Å². The highest BCUT2D eigenvalue weighted by Crippen LogP contribution is 2.15. The Balaban J connectivity index is 1.60. The largest absolute Gasteiger partial charge is 0.383 e. The molecule has 0 radical (unpaired) electrons. The second-order valence-corrected chi connectivity index (χ2v) is 5.71. The van der Waals surface area contributed by atoms with Gasteiger partial charge in [-0.3, -0.25) is 9.78 Å². The first kappa shape index (κ1) is 17.5. The van der Waals surface area contributed by atoms with Crippen molar-refractivity contribution in [1.29, 1.82) is 0 Å². The molecule has 0 aliphatic heterocycles. The summed E-state index contributed by atoms with van der Waals surface area (Å²) >= 11 is 0. The van der Waals surface area contributed by atoms with E-state index in [9.17, 15) is 13.6 Å². The molecule has 0 spiro atoms. The lowest BCUT2D eigenvalue weighted by molar-refractivity contribution is 0.102. The zero-order valence-corrected chi connectivity index (χ0v) is 13.9. The third-order valence-electron chi connectivity index (χ3n) is 3.76. The smallest absolute Gasteiger partial charge is 0.257 e. The number of carbonyl (C=O) groups excluding carboxylic acids is 1. The Hall–Kier alpha value is -3.28. The van der Waals surface area contributed by atoms with Crippen molar-refractivity contribution in [2.45, 2.75) is 6.42 Å². The molecule has 0 saturated heterocycles. The molecule has 2 aromatic carbocycles. The summed E-state index contributed by atoms with van der Waals surface area (Å²) in [5.74, 6) is -2.43. The zero-order chi connectivity index (χ0) is 18.4. The van der Waals surface area contributed by atoms with Gasteiger partial charge in [0.25, 0.3) is 5.91 Å². The lowest BCUT2D eigenvalue weighted by Crippen LogP contribution is -2.13. The summed E-state index contributed by atoms with van der Waals surface area (Å²) in [6.07, 6.45) is 3.88. The molecule has 0 aliphatic rings. The van der Waals surface area contributed by atoms with Gasteiger partial charge in [0.2, 0.25) is 0 Å². The maximum atomic E-state index is 13.2. The Morgan fingerprint density at radius 3 is 2.50 bits per heavy atom. The summed E-state index contributed by atoms with van der Waals surface area (Å²) in [7, 11) is 0. The van der Waals surface area contributed by atoms with Gasteiger partial charge in [-0.1, -0.05) is 30.3 Å². The molecule has 3 aromatic rings. The molecule has 2 N–H and O–H groups in total. The predicted molar refractivity (Wildman–Crippen MR) is 97.2 cm³/mol. The fraction of sp³-hybridized carbons (Fsp3) is 0.100. The minimum atomic E-state index is -1.02. The number of carbonyl (C=O) groups is 1. The van der Waals surface area contributed by atoms with Crippen LogP contribution in [0.5, 0.6) is 0 Å². The molecule has 1 amide bonds.